The van der Waals surface area contributed by atoms with Gasteiger partial charge in [0.05, 0.1) is 13.2 Å². The van der Waals surface area contributed by atoms with Gasteiger partial charge in [-0.15, -0.1) is 0 Å². The van der Waals surface area contributed by atoms with Crippen LogP contribution in [0.25, 0.3) is 0 Å². The number of ether oxygens (including phenoxy) is 1. The van der Waals surface area contributed by atoms with E-state index in [2.05, 4.69) is 20.2 Å². The Morgan fingerprint density at radius 3 is 3.00 bits per heavy atom. The molecule has 1 rings (SSSR count). The average molecular weight is 279 g/mol. The van der Waals surface area contributed by atoms with E-state index >= 15 is 0 Å². The first-order valence-corrected chi connectivity index (χ1v) is 6.83. The first-order valence-electron chi connectivity index (χ1n) is 6.83. The highest BCUT2D eigenvalue weighted by atomic mass is 16.5. The molecule has 0 fully saturated rings. The molecule has 0 radical (unpaired) electrons. The van der Waals surface area contributed by atoms with E-state index in [1.807, 2.05) is 25.2 Å². The lowest BCUT2D eigenvalue weighted by Gasteiger charge is -2.14. The molecule has 6 nitrogen and oxygen atoms in total. The third kappa shape index (κ3) is 7.70. The molecule has 0 unspecified atom stereocenters. The molecule has 0 bridgehead atoms. The van der Waals surface area contributed by atoms with Crippen molar-refractivity contribution < 1.29 is 4.74 Å². The minimum Gasteiger partial charge on any atom is -0.383 e. The van der Waals surface area contributed by atoms with Gasteiger partial charge in [0.2, 0.25) is 0 Å². The number of likely N-dealkylation sites (N-methyl/N-ethyl adjacent to an activating group) is 1. The summed E-state index contributed by atoms with van der Waals surface area (Å²) in [5, 5.41) is 3.09. The molecule has 0 spiro atoms. The third-order valence-electron chi connectivity index (χ3n) is 2.85. The molecule has 0 aliphatic carbocycles. The second-order valence-electron chi connectivity index (χ2n) is 4.56. The van der Waals surface area contributed by atoms with Gasteiger partial charge in [-0.05, 0) is 19.2 Å². The highest BCUT2D eigenvalue weighted by Gasteiger charge is 1.97. The van der Waals surface area contributed by atoms with Crippen molar-refractivity contribution in [2.45, 2.75) is 6.42 Å². The molecule has 3 N–H and O–H groups in total. The van der Waals surface area contributed by atoms with Crippen LogP contribution >= 0.6 is 0 Å². The summed E-state index contributed by atoms with van der Waals surface area (Å²) in [6.07, 6.45) is 2.63. The van der Waals surface area contributed by atoms with Gasteiger partial charge in [-0.1, -0.05) is 6.07 Å². The van der Waals surface area contributed by atoms with Gasteiger partial charge >= 0.3 is 0 Å². The number of nitrogens with two attached hydrogens (primary N) is 1. The Morgan fingerprint density at radius 2 is 2.30 bits per heavy atom. The Hall–Kier alpha value is -1.66. The van der Waals surface area contributed by atoms with Crippen LogP contribution in [0.3, 0.4) is 0 Å². The lowest BCUT2D eigenvalue weighted by atomic mass is 10.3. The van der Waals surface area contributed by atoms with Crippen molar-refractivity contribution in [2.75, 3.05) is 46.9 Å². The SMILES string of the molecule is COCCN(C)CCN=C(N)NCCc1ccccn1. The summed E-state index contributed by atoms with van der Waals surface area (Å²) in [6, 6.07) is 5.89. The predicted molar refractivity (Wildman–Crippen MR) is 81.8 cm³/mol. The van der Waals surface area contributed by atoms with Crippen molar-refractivity contribution in [3.8, 4) is 0 Å². The van der Waals surface area contributed by atoms with E-state index in [1.165, 1.54) is 0 Å². The van der Waals surface area contributed by atoms with Crippen molar-refractivity contribution >= 4 is 5.96 Å². The topological polar surface area (TPSA) is 75.8 Å². The summed E-state index contributed by atoms with van der Waals surface area (Å²) in [4.78, 5) is 10.7. The number of aromatic nitrogens is 1. The van der Waals surface area contributed by atoms with Gasteiger partial charge in [-0.25, -0.2) is 0 Å². The van der Waals surface area contributed by atoms with Crippen LogP contribution in [0.2, 0.25) is 0 Å². The number of hydrogen-bond acceptors (Lipinski definition) is 4. The molecular weight excluding hydrogens is 254 g/mol. The number of rotatable bonds is 9. The summed E-state index contributed by atoms with van der Waals surface area (Å²) in [6.45, 7) is 3.93. The molecule has 1 aromatic rings. The first kappa shape index (κ1) is 16.4. The molecule has 6 heteroatoms. The van der Waals surface area contributed by atoms with E-state index in [4.69, 9.17) is 10.5 Å². The van der Waals surface area contributed by atoms with Gasteiger partial charge in [0.25, 0.3) is 0 Å². The Morgan fingerprint density at radius 1 is 1.45 bits per heavy atom. The third-order valence-corrected chi connectivity index (χ3v) is 2.85. The van der Waals surface area contributed by atoms with E-state index in [0.717, 1.165) is 38.4 Å². The van der Waals surface area contributed by atoms with Gasteiger partial charge in [0.1, 0.15) is 0 Å². The second kappa shape index (κ2) is 10.2. The number of aliphatic imine (C=N–C) groups is 1. The molecule has 0 atom stereocenters. The molecule has 20 heavy (non-hydrogen) atoms. The Labute approximate surface area is 121 Å². The van der Waals surface area contributed by atoms with Crippen LogP contribution < -0.4 is 11.1 Å². The maximum Gasteiger partial charge on any atom is 0.188 e. The van der Waals surface area contributed by atoms with Crippen LogP contribution in [0.5, 0.6) is 0 Å². The first-order chi connectivity index (χ1) is 9.72. The maximum atomic E-state index is 5.80. The number of methoxy groups -OCH3 is 1. The van der Waals surface area contributed by atoms with Crippen molar-refractivity contribution in [2.24, 2.45) is 10.7 Å². The largest absolute Gasteiger partial charge is 0.383 e. The average Bonchev–Trinajstić information content (AvgIpc) is 2.46. The summed E-state index contributed by atoms with van der Waals surface area (Å²) < 4.78 is 5.01. The van der Waals surface area contributed by atoms with Crippen molar-refractivity contribution in [1.82, 2.24) is 15.2 Å². The van der Waals surface area contributed by atoms with Gasteiger partial charge in [-0.3, -0.25) is 9.98 Å². The number of hydrogen-bond donors (Lipinski definition) is 2. The van der Waals surface area contributed by atoms with Crippen molar-refractivity contribution in [3.63, 3.8) is 0 Å². The predicted octanol–water partition coefficient (Wildman–Crippen LogP) is 0.107. The fourth-order valence-electron chi connectivity index (χ4n) is 1.62. The summed E-state index contributed by atoms with van der Waals surface area (Å²) in [5.74, 6) is 0.487. The second-order valence-corrected chi connectivity index (χ2v) is 4.56. The van der Waals surface area contributed by atoms with Crippen molar-refractivity contribution in [3.05, 3.63) is 30.1 Å². The Kier molecular flexibility index (Phi) is 8.33. The van der Waals surface area contributed by atoms with E-state index in [0.29, 0.717) is 12.5 Å². The zero-order chi connectivity index (χ0) is 14.6. The Bertz CT molecular complexity index is 382. The lowest BCUT2D eigenvalue weighted by Crippen LogP contribution is -2.34. The number of nitrogens with zero attached hydrogens (tertiary/aromatic N) is 3. The maximum absolute atomic E-state index is 5.80. The molecule has 0 amide bonds. The number of guanidine groups is 1. The minimum atomic E-state index is 0.487. The molecule has 1 aromatic heterocycles. The van der Waals surface area contributed by atoms with E-state index < -0.39 is 0 Å². The molecule has 0 saturated heterocycles. The fourth-order valence-corrected chi connectivity index (χ4v) is 1.62. The van der Waals surface area contributed by atoms with Crippen LogP contribution in [-0.4, -0.2) is 62.8 Å². The standard InChI is InChI=1S/C14H25N5O/c1-19(11-12-20-2)10-9-18-14(15)17-8-6-13-5-3-4-7-16-13/h3-5,7H,6,8-12H2,1-2H3,(H3,15,17,18). The summed E-state index contributed by atoms with van der Waals surface area (Å²) in [5.41, 5.74) is 6.85. The highest BCUT2D eigenvalue weighted by molar-refractivity contribution is 5.77. The van der Waals surface area contributed by atoms with E-state index in [9.17, 15) is 0 Å². The van der Waals surface area contributed by atoms with Crippen LogP contribution in [-0.2, 0) is 11.2 Å². The fraction of sp³-hybridized carbons (Fsp3) is 0.571. The quantitative estimate of drug-likeness (QED) is 0.495. The van der Waals surface area contributed by atoms with E-state index in [-0.39, 0.29) is 0 Å². The zero-order valence-electron chi connectivity index (χ0n) is 12.4. The lowest BCUT2D eigenvalue weighted by molar-refractivity contribution is 0.163. The van der Waals surface area contributed by atoms with Crippen LogP contribution in [0.15, 0.2) is 29.4 Å². The molecule has 0 aliphatic rings. The molecular formula is C14H25N5O. The minimum absolute atomic E-state index is 0.487. The van der Waals surface area contributed by atoms with Crippen LogP contribution in [0.4, 0.5) is 0 Å². The summed E-state index contributed by atoms with van der Waals surface area (Å²) in [7, 11) is 3.74. The van der Waals surface area contributed by atoms with Crippen molar-refractivity contribution in [1.29, 1.82) is 0 Å². The summed E-state index contributed by atoms with van der Waals surface area (Å²) >= 11 is 0. The van der Waals surface area contributed by atoms with Gasteiger partial charge in [0.15, 0.2) is 5.96 Å². The van der Waals surface area contributed by atoms with Crippen LogP contribution in [0.1, 0.15) is 5.69 Å². The highest BCUT2D eigenvalue weighted by Crippen LogP contribution is 1.92. The molecule has 112 valence electrons. The van der Waals surface area contributed by atoms with E-state index in [1.54, 1.807) is 13.3 Å². The van der Waals surface area contributed by atoms with Gasteiger partial charge < -0.3 is 20.7 Å². The molecule has 0 aliphatic heterocycles. The van der Waals surface area contributed by atoms with Gasteiger partial charge in [0, 0.05) is 45.1 Å². The monoisotopic (exact) mass is 279 g/mol. The van der Waals surface area contributed by atoms with Crippen LogP contribution in [0, 0.1) is 0 Å². The molecule has 0 saturated carbocycles. The number of pyridine rings is 1. The molecule has 0 aromatic carbocycles. The smallest absolute Gasteiger partial charge is 0.188 e. The zero-order valence-corrected chi connectivity index (χ0v) is 12.4. The Balaban J connectivity index is 2.12. The normalized spacial score (nSPS) is 11.8. The van der Waals surface area contributed by atoms with Gasteiger partial charge in [-0.2, -0.15) is 0 Å². The number of nitrogens with one attached hydrogen (secondary N) is 1. The molecule has 1 heterocycles.